The number of hydrogen-bond donors (Lipinski definition) is 0. The van der Waals surface area contributed by atoms with E-state index >= 15 is 0 Å². The highest BCUT2D eigenvalue weighted by Gasteiger charge is 2.13. The molecule has 0 aliphatic heterocycles. The fourth-order valence-electron chi connectivity index (χ4n) is 2.33. The predicted molar refractivity (Wildman–Crippen MR) is 68.7 cm³/mol. The van der Waals surface area contributed by atoms with Gasteiger partial charge in [0.25, 0.3) is 0 Å². The highest BCUT2D eigenvalue weighted by molar-refractivity contribution is 5.63. The lowest BCUT2D eigenvalue weighted by atomic mass is 10.2. The van der Waals surface area contributed by atoms with Gasteiger partial charge < -0.3 is 4.40 Å². The van der Waals surface area contributed by atoms with Crippen molar-refractivity contribution in [3.63, 3.8) is 0 Å². The van der Waals surface area contributed by atoms with Gasteiger partial charge in [-0.1, -0.05) is 6.07 Å². The molecule has 0 amide bonds. The zero-order valence-corrected chi connectivity index (χ0v) is 10.1. The van der Waals surface area contributed by atoms with E-state index in [2.05, 4.69) is 71.6 Å². The molecule has 0 fully saturated rings. The Morgan fingerprint density at radius 3 is 2.65 bits per heavy atom. The van der Waals surface area contributed by atoms with Gasteiger partial charge >= 0.3 is 0 Å². The molecule has 84 valence electrons. The Bertz CT molecular complexity index is 680. The Morgan fingerprint density at radius 2 is 1.82 bits per heavy atom. The maximum atomic E-state index is 2.29. The highest BCUT2D eigenvalue weighted by Crippen LogP contribution is 2.21. The van der Waals surface area contributed by atoms with E-state index in [0.717, 1.165) is 0 Å². The summed E-state index contributed by atoms with van der Waals surface area (Å²) in [7, 11) is 2.08. The summed E-state index contributed by atoms with van der Waals surface area (Å²) < 4.78 is 4.43. The van der Waals surface area contributed by atoms with E-state index < -0.39 is 0 Å². The van der Waals surface area contributed by atoms with Crippen LogP contribution >= 0.6 is 0 Å². The van der Waals surface area contributed by atoms with Crippen LogP contribution in [0.2, 0.25) is 0 Å². The minimum Gasteiger partial charge on any atom is -0.309 e. The van der Waals surface area contributed by atoms with Gasteiger partial charge in [-0.05, 0) is 37.3 Å². The molecule has 3 heterocycles. The number of pyridine rings is 2. The average molecular weight is 223 g/mol. The number of aryl methyl sites for hydroxylation is 2. The molecule has 0 bridgehead atoms. The molecule has 0 radical (unpaired) electrons. The molecule has 3 rings (SSSR count). The second-order valence-corrected chi connectivity index (χ2v) is 4.34. The first kappa shape index (κ1) is 10.1. The zero-order chi connectivity index (χ0) is 11.8. The zero-order valence-electron chi connectivity index (χ0n) is 10.1. The molecular weight excluding hydrogens is 208 g/mol. The van der Waals surface area contributed by atoms with Crippen molar-refractivity contribution >= 4 is 5.52 Å². The summed E-state index contributed by atoms with van der Waals surface area (Å²) >= 11 is 0. The SMILES string of the molecule is Cc1cccc2ccc(-c3cccc[n+]3C)n12. The summed E-state index contributed by atoms with van der Waals surface area (Å²) in [5, 5.41) is 0. The summed E-state index contributed by atoms with van der Waals surface area (Å²) in [6, 6.07) is 17.0. The Balaban J connectivity index is 2.36. The minimum atomic E-state index is 1.22. The van der Waals surface area contributed by atoms with Crippen LogP contribution in [0.25, 0.3) is 16.9 Å². The molecule has 17 heavy (non-hydrogen) atoms. The Kier molecular flexibility index (Phi) is 2.22. The van der Waals surface area contributed by atoms with Crippen LogP contribution in [0, 0.1) is 6.92 Å². The van der Waals surface area contributed by atoms with Gasteiger partial charge in [0.2, 0.25) is 5.69 Å². The molecule has 0 aliphatic carbocycles. The Labute approximate surface area is 101 Å². The maximum absolute atomic E-state index is 2.29. The van der Waals surface area contributed by atoms with Crippen molar-refractivity contribution in [1.82, 2.24) is 4.40 Å². The van der Waals surface area contributed by atoms with Crippen LogP contribution < -0.4 is 4.57 Å². The fourth-order valence-corrected chi connectivity index (χ4v) is 2.33. The van der Waals surface area contributed by atoms with Gasteiger partial charge in [0, 0.05) is 23.3 Å². The summed E-state index contributed by atoms with van der Waals surface area (Å²) in [4.78, 5) is 0. The Hall–Kier alpha value is -2.09. The molecule has 0 N–H and O–H groups in total. The summed E-state index contributed by atoms with van der Waals surface area (Å²) in [5.74, 6) is 0. The first-order valence-electron chi connectivity index (χ1n) is 5.79. The van der Waals surface area contributed by atoms with Crippen molar-refractivity contribution in [1.29, 1.82) is 0 Å². The van der Waals surface area contributed by atoms with E-state index in [1.54, 1.807) is 0 Å². The van der Waals surface area contributed by atoms with Crippen molar-refractivity contribution in [3.05, 3.63) is 60.4 Å². The van der Waals surface area contributed by atoms with Crippen molar-refractivity contribution in [3.8, 4) is 11.4 Å². The molecule has 3 aromatic rings. The second kappa shape index (κ2) is 3.74. The second-order valence-electron chi connectivity index (χ2n) is 4.34. The van der Waals surface area contributed by atoms with Crippen LogP contribution in [0.5, 0.6) is 0 Å². The standard InChI is InChI=1S/C15H15N2/c1-12-6-5-7-13-9-10-15(17(12)13)14-8-3-4-11-16(14)2/h3-11H,1-2H3/q+1. The molecule has 0 aromatic carbocycles. The third-order valence-electron chi connectivity index (χ3n) is 3.19. The van der Waals surface area contributed by atoms with Crippen LogP contribution in [0.4, 0.5) is 0 Å². The lowest BCUT2D eigenvalue weighted by Crippen LogP contribution is -2.30. The molecular formula is C15H15N2+. The first-order valence-corrected chi connectivity index (χ1v) is 5.79. The molecule has 0 saturated heterocycles. The lowest BCUT2D eigenvalue weighted by Gasteiger charge is -2.05. The van der Waals surface area contributed by atoms with Crippen LogP contribution in [0.3, 0.4) is 0 Å². The molecule has 0 saturated carbocycles. The lowest BCUT2D eigenvalue weighted by molar-refractivity contribution is -0.660. The van der Waals surface area contributed by atoms with E-state index in [-0.39, 0.29) is 0 Å². The average Bonchev–Trinajstić information content (AvgIpc) is 2.75. The monoisotopic (exact) mass is 223 g/mol. The Morgan fingerprint density at radius 1 is 0.941 bits per heavy atom. The van der Waals surface area contributed by atoms with Gasteiger partial charge in [0.05, 0.1) is 0 Å². The summed E-state index contributed by atoms with van der Waals surface area (Å²) in [6.45, 7) is 2.14. The van der Waals surface area contributed by atoms with E-state index in [9.17, 15) is 0 Å². The molecule has 2 nitrogen and oxygen atoms in total. The van der Waals surface area contributed by atoms with Crippen molar-refractivity contribution < 1.29 is 4.57 Å². The van der Waals surface area contributed by atoms with E-state index in [0.29, 0.717) is 0 Å². The predicted octanol–water partition coefficient (Wildman–Crippen LogP) is 2.74. The van der Waals surface area contributed by atoms with Crippen molar-refractivity contribution in [2.45, 2.75) is 6.92 Å². The van der Waals surface area contributed by atoms with Crippen molar-refractivity contribution in [2.75, 3.05) is 0 Å². The van der Waals surface area contributed by atoms with E-state index in [1.165, 1.54) is 22.6 Å². The van der Waals surface area contributed by atoms with E-state index in [1.807, 2.05) is 6.07 Å². The normalized spacial score (nSPS) is 10.9. The first-order chi connectivity index (χ1) is 8.27. The molecule has 3 aromatic heterocycles. The number of fused-ring (bicyclic) bond motifs is 1. The van der Waals surface area contributed by atoms with Crippen LogP contribution in [-0.4, -0.2) is 4.40 Å². The molecule has 0 unspecified atom stereocenters. The number of hydrogen-bond acceptors (Lipinski definition) is 0. The van der Waals surface area contributed by atoms with Crippen molar-refractivity contribution in [2.24, 2.45) is 7.05 Å². The van der Waals surface area contributed by atoms with Crippen LogP contribution in [0.15, 0.2) is 54.7 Å². The molecule has 0 spiro atoms. The van der Waals surface area contributed by atoms with Gasteiger partial charge in [-0.3, -0.25) is 0 Å². The largest absolute Gasteiger partial charge is 0.309 e. The van der Waals surface area contributed by atoms with Gasteiger partial charge in [-0.15, -0.1) is 0 Å². The summed E-state index contributed by atoms with van der Waals surface area (Å²) in [6.07, 6.45) is 2.08. The third kappa shape index (κ3) is 1.53. The molecule has 0 aliphatic rings. The highest BCUT2D eigenvalue weighted by atomic mass is 15.0. The number of rotatable bonds is 1. The van der Waals surface area contributed by atoms with Crippen LogP contribution in [-0.2, 0) is 7.05 Å². The molecule has 0 atom stereocenters. The van der Waals surface area contributed by atoms with E-state index in [4.69, 9.17) is 0 Å². The van der Waals surface area contributed by atoms with Gasteiger partial charge in [0.1, 0.15) is 12.7 Å². The molecule has 2 heteroatoms. The number of aromatic nitrogens is 2. The van der Waals surface area contributed by atoms with Gasteiger partial charge in [-0.25, -0.2) is 0 Å². The topological polar surface area (TPSA) is 8.29 Å². The van der Waals surface area contributed by atoms with Crippen LogP contribution in [0.1, 0.15) is 5.69 Å². The quantitative estimate of drug-likeness (QED) is 0.561. The van der Waals surface area contributed by atoms with Gasteiger partial charge in [-0.2, -0.15) is 4.57 Å². The minimum absolute atomic E-state index is 1.22. The summed E-state index contributed by atoms with van der Waals surface area (Å²) in [5.41, 5.74) is 4.96. The third-order valence-corrected chi connectivity index (χ3v) is 3.19. The smallest absolute Gasteiger partial charge is 0.229 e. The number of nitrogens with zero attached hydrogens (tertiary/aromatic N) is 2. The van der Waals surface area contributed by atoms with Gasteiger partial charge in [0.15, 0.2) is 6.20 Å². The fraction of sp³-hybridized carbons (Fsp3) is 0.133. The maximum Gasteiger partial charge on any atom is 0.229 e.